The molecule has 2 aromatic rings. The van der Waals surface area contributed by atoms with Crippen molar-refractivity contribution in [2.24, 2.45) is 4.99 Å². The fourth-order valence-electron chi connectivity index (χ4n) is 2.17. The van der Waals surface area contributed by atoms with E-state index in [4.69, 9.17) is 0 Å². The molecule has 0 radical (unpaired) electrons. The fraction of sp³-hybridized carbons (Fsp3) is 0.333. The van der Waals surface area contributed by atoms with Gasteiger partial charge in [-0.1, -0.05) is 37.3 Å². The standard InChI is InChI=1S/C18H24N4OS.HI/c1-14(16-8-9-24-13-16)10-21-18(19-2)22-12-17(23)20-11-15-6-4-3-5-7-15;/h3-9,13-14H,10-12H2,1-2H3,(H,20,23)(H2,19,21,22);1H. The summed E-state index contributed by atoms with van der Waals surface area (Å²) in [4.78, 5) is 16.1. The van der Waals surface area contributed by atoms with Gasteiger partial charge in [-0.3, -0.25) is 9.79 Å². The lowest BCUT2D eigenvalue weighted by atomic mass is 10.1. The second-order valence-corrected chi connectivity index (χ2v) is 6.31. The molecule has 1 aromatic carbocycles. The Morgan fingerprint density at radius 1 is 1.16 bits per heavy atom. The minimum Gasteiger partial charge on any atom is -0.356 e. The van der Waals surface area contributed by atoms with E-state index in [1.807, 2.05) is 30.3 Å². The van der Waals surface area contributed by atoms with Crippen LogP contribution in [0.15, 0.2) is 52.2 Å². The molecule has 3 N–H and O–H groups in total. The molecule has 0 spiro atoms. The van der Waals surface area contributed by atoms with E-state index in [-0.39, 0.29) is 36.4 Å². The van der Waals surface area contributed by atoms with Crippen LogP contribution in [0.1, 0.15) is 24.0 Å². The summed E-state index contributed by atoms with van der Waals surface area (Å²) in [6.07, 6.45) is 0. The van der Waals surface area contributed by atoms with E-state index in [1.54, 1.807) is 18.4 Å². The lowest BCUT2D eigenvalue weighted by Crippen LogP contribution is -2.43. The molecule has 0 saturated carbocycles. The number of halogens is 1. The van der Waals surface area contributed by atoms with Gasteiger partial charge in [-0.25, -0.2) is 0 Å². The third-order valence-corrected chi connectivity index (χ3v) is 4.36. The summed E-state index contributed by atoms with van der Waals surface area (Å²) < 4.78 is 0. The Kier molecular flexibility index (Phi) is 10.2. The van der Waals surface area contributed by atoms with Crippen molar-refractivity contribution in [2.45, 2.75) is 19.4 Å². The Hall–Kier alpha value is -1.61. The zero-order chi connectivity index (χ0) is 17.2. The van der Waals surface area contributed by atoms with Crippen LogP contribution in [-0.4, -0.2) is 32.0 Å². The third kappa shape index (κ3) is 7.87. The summed E-state index contributed by atoms with van der Waals surface area (Å²) in [5.74, 6) is 0.960. The Labute approximate surface area is 170 Å². The largest absolute Gasteiger partial charge is 0.356 e. The van der Waals surface area contributed by atoms with Crippen molar-refractivity contribution in [1.29, 1.82) is 0 Å². The summed E-state index contributed by atoms with van der Waals surface area (Å²) in [5.41, 5.74) is 2.39. The molecule has 0 aliphatic carbocycles. The SMILES string of the molecule is CN=C(NCC(=O)NCc1ccccc1)NCC(C)c1ccsc1.I. The first-order valence-electron chi connectivity index (χ1n) is 7.96. The minimum absolute atomic E-state index is 0. The van der Waals surface area contributed by atoms with E-state index in [2.05, 4.69) is 44.7 Å². The number of hydrogen-bond acceptors (Lipinski definition) is 3. The molecule has 1 atom stereocenters. The van der Waals surface area contributed by atoms with Crippen LogP contribution in [0.2, 0.25) is 0 Å². The molecule has 0 aliphatic rings. The minimum atomic E-state index is -0.0623. The number of carbonyl (C=O) groups is 1. The Morgan fingerprint density at radius 3 is 2.56 bits per heavy atom. The number of guanidine groups is 1. The number of aliphatic imine (C=N–C) groups is 1. The van der Waals surface area contributed by atoms with Crippen LogP contribution in [0, 0.1) is 0 Å². The molecular formula is C18H25IN4OS. The zero-order valence-corrected chi connectivity index (χ0v) is 17.6. The lowest BCUT2D eigenvalue weighted by Gasteiger charge is -2.15. The highest BCUT2D eigenvalue weighted by Crippen LogP contribution is 2.16. The molecule has 1 aromatic heterocycles. The first-order chi connectivity index (χ1) is 11.7. The first-order valence-corrected chi connectivity index (χ1v) is 8.90. The van der Waals surface area contributed by atoms with Gasteiger partial charge in [-0.2, -0.15) is 11.3 Å². The number of rotatable bonds is 7. The number of nitrogens with zero attached hydrogens (tertiary/aromatic N) is 1. The highest BCUT2D eigenvalue weighted by atomic mass is 127. The molecule has 25 heavy (non-hydrogen) atoms. The van der Waals surface area contributed by atoms with E-state index >= 15 is 0 Å². The Balaban J connectivity index is 0.00000312. The van der Waals surface area contributed by atoms with E-state index in [1.165, 1.54) is 5.56 Å². The van der Waals surface area contributed by atoms with Crippen LogP contribution in [0.3, 0.4) is 0 Å². The van der Waals surface area contributed by atoms with Gasteiger partial charge in [0.1, 0.15) is 0 Å². The average Bonchev–Trinajstić information content (AvgIpc) is 3.15. The summed E-state index contributed by atoms with van der Waals surface area (Å²) in [6, 6.07) is 12.0. The molecule has 1 amide bonds. The number of hydrogen-bond donors (Lipinski definition) is 3. The number of benzene rings is 1. The first kappa shape index (κ1) is 21.4. The highest BCUT2D eigenvalue weighted by Gasteiger charge is 2.08. The van der Waals surface area contributed by atoms with Gasteiger partial charge < -0.3 is 16.0 Å². The second-order valence-electron chi connectivity index (χ2n) is 5.53. The van der Waals surface area contributed by atoms with Crippen molar-refractivity contribution >= 4 is 47.2 Å². The van der Waals surface area contributed by atoms with Gasteiger partial charge in [0.25, 0.3) is 0 Å². The quantitative estimate of drug-likeness (QED) is 0.330. The normalized spacial score (nSPS) is 12.0. The third-order valence-electron chi connectivity index (χ3n) is 3.66. The van der Waals surface area contributed by atoms with E-state index in [0.29, 0.717) is 18.4 Å². The maximum atomic E-state index is 11.9. The van der Waals surface area contributed by atoms with Crippen LogP contribution in [0.4, 0.5) is 0 Å². The van der Waals surface area contributed by atoms with E-state index in [0.717, 1.165) is 12.1 Å². The van der Waals surface area contributed by atoms with Crippen molar-refractivity contribution in [3.8, 4) is 0 Å². The van der Waals surface area contributed by atoms with Crippen molar-refractivity contribution in [2.75, 3.05) is 20.1 Å². The van der Waals surface area contributed by atoms with Gasteiger partial charge in [0.2, 0.25) is 5.91 Å². The van der Waals surface area contributed by atoms with Crippen LogP contribution in [0.25, 0.3) is 0 Å². The Morgan fingerprint density at radius 2 is 1.92 bits per heavy atom. The van der Waals surface area contributed by atoms with Gasteiger partial charge in [0.15, 0.2) is 5.96 Å². The molecule has 5 nitrogen and oxygen atoms in total. The lowest BCUT2D eigenvalue weighted by molar-refractivity contribution is -0.120. The molecule has 1 unspecified atom stereocenters. The van der Waals surface area contributed by atoms with Gasteiger partial charge in [0.05, 0.1) is 6.54 Å². The molecule has 0 aliphatic heterocycles. The summed E-state index contributed by atoms with van der Waals surface area (Å²) in [7, 11) is 1.70. The molecule has 7 heteroatoms. The Bertz CT molecular complexity index is 646. The molecule has 0 saturated heterocycles. The van der Waals surface area contributed by atoms with Crippen LogP contribution in [-0.2, 0) is 11.3 Å². The smallest absolute Gasteiger partial charge is 0.239 e. The number of thiophene rings is 1. The fourth-order valence-corrected chi connectivity index (χ4v) is 2.95. The van der Waals surface area contributed by atoms with Crippen LogP contribution >= 0.6 is 35.3 Å². The van der Waals surface area contributed by atoms with E-state index < -0.39 is 0 Å². The van der Waals surface area contributed by atoms with Gasteiger partial charge >= 0.3 is 0 Å². The number of nitrogens with one attached hydrogen (secondary N) is 3. The van der Waals surface area contributed by atoms with E-state index in [9.17, 15) is 4.79 Å². The highest BCUT2D eigenvalue weighted by molar-refractivity contribution is 14.0. The molecule has 136 valence electrons. The summed E-state index contributed by atoms with van der Waals surface area (Å²) in [6.45, 7) is 3.65. The number of carbonyl (C=O) groups excluding carboxylic acids is 1. The molecule has 2 rings (SSSR count). The summed E-state index contributed by atoms with van der Waals surface area (Å²) >= 11 is 1.70. The number of amides is 1. The second kappa shape index (κ2) is 11.9. The van der Waals surface area contributed by atoms with Crippen molar-refractivity contribution < 1.29 is 4.79 Å². The van der Waals surface area contributed by atoms with Crippen LogP contribution < -0.4 is 16.0 Å². The topological polar surface area (TPSA) is 65.5 Å². The van der Waals surface area contributed by atoms with Crippen molar-refractivity contribution in [3.63, 3.8) is 0 Å². The maximum Gasteiger partial charge on any atom is 0.239 e. The monoisotopic (exact) mass is 472 g/mol. The van der Waals surface area contributed by atoms with Gasteiger partial charge in [-0.15, -0.1) is 24.0 Å². The van der Waals surface area contributed by atoms with Crippen LogP contribution in [0.5, 0.6) is 0 Å². The summed E-state index contributed by atoms with van der Waals surface area (Å²) in [5, 5.41) is 13.4. The molecule has 1 heterocycles. The van der Waals surface area contributed by atoms with Crippen molar-refractivity contribution in [1.82, 2.24) is 16.0 Å². The average molecular weight is 472 g/mol. The van der Waals surface area contributed by atoms with Crippen molar-refractivity contribution in [3.05, 3.63) is 58.3 Å². The zero-order valence-electron chi connectivity index (χ0n) is 14.5. The maximum absolute atomic E-state index is 11.9. The van der Waals surface area contributed by atoms with Gasteiger partial charge in [0, 0.05) is 20.1 Å². The molecule has 0 bridgehead atoms. The predicted molar refractivity (Wildman–Crippen MR) is 116 cm³/mol. The molecular weight excluding hydrogens is 447 g/mol. The molecule has 0 fully saturated rings. The van der Waals surface area contributed by atoms with Gasteiger partial charge in [-0.05, 0) is 33.9 Å². The predicted octanol–water partition coefficient (Wildman–Crippen LogP) is 2.95.